The number of carbonyl (C=O) groups is 1. The molecule has 5 heteroatoms. The molecule has 2 amide bonds. The molecule has 0 bridgehead atoms. The van der Waals surface area contributed by atoms with Crippen molar-refractivity contribution < 1.29 is 14.4 Å². The molecule has 1 saturated carbocycles. The fraction of sp³-hybridized carbons (Fsp3) is 0.364. The highest BCUT2D eigenvalue weighted by atomic mass is 19.1. The predicted molar refractivity (Wildman–Crippen MR) is 55.4 cm³/mol. The van der Waals surface area contributed by atoms with Gasteiger partial charge in [-0.2, -0.15) is 0 Å². The Bertz CT molecular complexity index is 387. The number of urea groups is 1. The maximum Gasteiger partial charge on any atom is 0.338 e. The number of benzene rings is 1. The van der Waals surface area contributed by atoms with Gasteiger partial charge in [0.25, 0.3) is 0 Å². The smallest absolute Gasteiger partial charge is 0.338 e. The number of primary amides is 1. The minimum atomic E-state index is -0.831. The highest BCUT2D eigenvalue weighted by molar-refractivity contribution is 5.71. The quantitative estimate of drug-likeness (QED) is 0.594. The summed E-state index contributed by atoms with van der Waals surface area (Å²) < 4.78 is 12.7. The average Bonchev–Trinajstić information content (AvgIpc) is 2.18. The van der Waals surface area contributed by atoms with Gasteiger partial charge in [0.2, 0.25) is 0 Å². The Hall–Kier alpha value is -1.62. The Kier molecular flexibility index (Phi) is 2.78. The molecule has 0 radical (unpaired) electrons. The maximum atomic E-state index is 12.7. The Morgan fingerprint density at radius 3 is 2.44 bits per heavy atom. The van der Waals surface area contributed by atoms with Gasteiger partial charge in [0.1, 0.15) is 5.82 Å². The van der Waals surface area contributed by atoms with Crippen LogP contribution in [0.5, 0.6) is 0 Å². The average molecular weight is 224 g/mol. The van der Waals surface area contributed by atoms with Crippen molar-refractivity contribution in [1.29, 1.82) is 0 Å². The molecule has 0 saturated heterocycles. The first-order valence-corrected chi connectivity index (χ1v) is 5.11. The molecule has 86 valence electrons. The third-order valence-corrected chi connectivity index (χ3v) is 3.03. The molecule has 0 unspecified atom stereocenters. The lowest BCUT2D eigenvalue weighted by molar-refractivity contribution is -0.102. The summed E-state index contributed by atoms with van der Waals surface area (Å²) in [5.41, 5.74) is 5.96. The van der Waals surface area contributed by atoms with E-state index in [4.69, 9.17) is 5.73 Å². The normalized spacial score (nSPS) is 23.6. The number of hydroxylamine groups is 2. The number of rotatable bonds is 2. The van der Waals surface area contributed by atoms with Crippen LogP contribution in [-0.4, -0.2) is 22.3 Å². The largest absolute Gasteiger partial charge is 0.350 e. The second-order valence-electron chi connectivity index (χ2n) is 4.06. The van der Waals surface area contributed by atoms with Crippen LogP contribution >= 0.6 is 0 Å². The first kappa shape index (κ1) is 10.9. The zero-order chi connectivity index (χ0) is 11.7. The molecule has 1 aromatic rings. The minimum Gasteiger partial charge on any atom is -0.350 e. The lowest BCUT2D eigenvalue weighted by atomic mass is 9.76. The zero-order valence-corrected chi connectivity index (χ0v) is 8.64. The Labute approximate surface area is 92.4 Å². The number of hydrogen-bond acceptors (Lipinski definition) is 2. The van der Waals surface area contributed by atoms with Gasteiger partial charge in [-0.25, -0.2) is 14.2 Å². The van der Waals surface area contributed by atoms with Crippen LogP contribution in [-0.2, 0) is 0 Å². The van der Waals surface area contributed by atoms with Crippen molar-refractivity contribution >= 4 is 6.03 Å². The van der Waals surface area contributed by atoms with Gasteiger partial charge in [-0.05, 0) is 36.5 Å². The van der Waals surface area contributed by atoms with Crippen LogP contribution in [0.25, 0.3) is 0 Å². The lowest BCUT2D eigenvalue weighted by Crippen LogP contribution is -2.47. The number of halogens is 1. The van der Waals surface area contributed by atoms with Crippen molar-refractivity contribution in [3.05, 3.63) is 35.6 Å². The molecule has 0 aromatic heterocycles. The summed E-state index contributed by atoms with van der Waals surface area (Å²) in [4.78, 5) is 10.7. The predicted octanol–water partition coefficient (Wildman–Crippen LogP) is 1.84. The highest BCUT2D eigenvalue weighted by Crippen LogP contribution is 2.39. The van der Waals surface area contributed by atoms with Crippen LogP contribution in [0.15, 0.2) is 24.3 Å². The van der Waals surface area contributed by atoms with Crippen LogP contribution in [0.4, 0.5) is 9.18 Å². The van der Waals surface area contributed by atoms with Crippen LogP contribution in [0, 0.1) is 5.82 Å². The van der Waals surface area contributed by atoms with Crippen molar-refractivity contribution in [1.82, 2.24) is 5.06 Å². The van der Waals surface area contributed by atoms with Crippen LogP contribution in [0.3, 0.4) is 0 Å². The van der Waals surface area contributed by atoms with E-state index in [1.54, 1.807) is 12.1 Å². The molecular formula is C11H13FN2O2. The monoisotopic (exact) mass is 224 g/mol. The van der Waals surface area contributed by atoms with E-state index in [0.29, 0.717) is 17.9 Å². The summed E-state index contributed by atoms with van der Waals surface area (Å²) in [6, 6.07) is 5.22. The summed E-state index contributed by atoms with van der Waals surface area (Å²) >= 11 is 0. The summed E-state index contributed by atoms with van der Waals surface area (Å²) in [7, 11) is 0. The highest BCUT2D eigenvalue weighted by Gasteiger charge is 2.35. The van der Waals surface area contributed by atoms with Gasteiger partial charge < -0.3 is 5.73 Å². The van der Waals surface area contributed by atoms with Gasteiger partial charge in [-0.15, -0.1) is 0 Å². The standard InChI is InChI=1S/C11H13FN2O2/c12-9-3-1-7(2-4-9)8-5-10(6-8)14(16)11(13)15/h1-4,8,10,16H,5-6H2,(H2,13,15)/t8-,10-. The maximum absolute atomic E-state index is 12.7. The molecule has 2 rings (SSSR count). The Balaban J connectivity index is 1.93. The van der Waals surface area contributed by atoms with Crippen LogP contribution in [0.2, 0.25) is 0 Å². The van der Waals surface area contributed by atoms with Crippen molar-refractivity contribution in [2.45, 2.75) is 24.8 Å². The van der Waals surface area contributed by atoms with Gasteiger partial charge in [0.15, 0.2) is 0 Å². The van der Waals surface area contributed by atoms with E-state index in [0.717, 1.165) is 5.56 Å². The molecule has 0 heterocycles. The minimum absolute atomic E-state index is 0.215. The van der Waals surface area contributed by atoms with E-state index in [-0.39, 0.29) is 17.8 Å². The molecule has 1 aromatic carbocycles. The fourth-order valence-electron chi connectivity index (χ4n) is 1.97. The summed E-state index contributed by atoms with van der Waals surface area (Å²) in [6.45, 7) is 0. The molecule has 1 aliphatic rings. The van der Waals surface area contributed by atoms with Gasteiger partial charge in [0, 0.05) is 0 Å². The number of amides is 2. The number of nitrogens with zero attached hydrogens (tertiary/aromatic N) is 1. The van der Waals surface area contributed by atoms with Crippen LogP contribution < -0.4 is 5.73 Å². The van der Waals surface area contributed by atoms with Crippen molar-refractivity contribution in [2.24, 2.45) is 5.73 Å². The summed E-state index contributed by atoms with van der Waals surface area (Å²) in [6.07, 6.45) is 1.32. The third kappa shape index (κ3) is 1.99. The van der Waals surface area contributed by atoms with Crippen molar-refractivity contribution in [3.8, 4) is 0 Å². The second-order valence-corrected chi connectivity index (χ2v) is 4.06. The molecule has 0 spiro atoms. The van der Waals surface area contributed by atoms with E-state index in [2.05, 4.69) is 0 Å². The topological polar surface area (TPSA) is 66.6 Å². The molecule has 0 aliphatic heterocycles. The summed E-state index contributed by atoms with van der Waals surface area (Å²) in [5.74, 6) is 0.000133. The van der Waals surface area contributed by atoms with Crippen LogP contribution in [0.1, 0.15) is 24.3 Å². The van der Waals surface area contributed by atoms with Gasteiger partial charge in [-0.1, -0.05) is 12.1 Å². The zero-order valence-electron chi connectivity index (χ0n) is 8.64. The van der Waals surface area contributed by atoms with E-state index in [1.165, 1.54) is 12.1 Å². The number of carbonyl (C=O) groups excluding carboxylic acids is 1. The van der Waals surface area contributed by atoms with Crippen molar-refractivity contribution in [3.63, 3.8) is 0 Å². The second kappa shape index (κ2) is 4.09. The van der Waals surface area contributed by atoms with Gasteiger partial charge in [-0.3, -0.25) is 5.21 Å². The molecule has 0 atom stereocenters. The molecule has 4 nitrogen and oxygen atoms in total. The summed E-state index contributed by atoms with van der Waals surface area (Å²) in [5, 5.41) is 9.82. The Morgan fingerprint density at radius 2 is 1.94 bits per heavy atom. The van der Waals surface area contributed by atoms with E-state index in [9.17, 15) is 14.4 Å². The van der Waals surface area contributed by atoms with Gasteiger partial charge >= 0.3 is 6.03 Å². The van der Waals surface area contributed by atoms with Crippen molar-refractivity contribution in [2.75, 3.05) is 0 Å². The Morgan fingerprint density at radius 1 is 1.38 bits per heavy atom. The SMILES string of the molecule is NC(=O)N(O)[C@H]1C[C@H](c2ccc(F)cc2)C1. The first-order chi connectivity index (χ1) is 7.58. The van der Waals surface area contributed by atoms with E-state index >= 15 is 0 Å². The molecular weight excluding hydrogens is 211 g/mol. The van der Waals surface area contributed by atoms with E-state index < -0.39 is 6.03 Å². The fourth-order valence-corrected chi connectivity index (χ4v) is 1.97. The lowest BCUT2D eigenvalue weighted by Gasteiger charge is -2.39. The third-order valence-electron chi connectivity index (χ3n) is 3.03. The number of nitrogens with two attached hydrogens (primary N) is 1. The molecule has 3 N–H and O–H groups in total. The molecule has 1 fully saturated rings. The first-order valence-electron chi connectivity index (χ1n) is 5.11. The molecule has 16 heavy (non-hydrogen) atoms. The van der Waals surface area contributed by atoms with Gasteiger partial charge in [0.05, 0.1) is 6.04 Å². The van der Waals surface area contributed by atoms with E-state index in [1.807, 2.05) is 0 Å². The number of hydrogen-bond donors (Lipinski definition) is 2. The molecule has 1 aliphatic carbocycles.